The van der Waals surface area contributed by atoms with Crippen LogP contribution >= 0.6 is 0 Å². The summed E-state index contributed by atoms with van der Waals surface area (Å²) in [5.41, 5.74) is 1.22. The molecular weight excluding hydrogens is 314 g/mol. The maximum Gasteiger partial charge on any atom is 0.191 e. The highest BCUT2D eigenvalue weighted by Gasteiger charge is 2.24. The lowest BCUT2D eigenvalue weighted by Crippen LogP contribution is -2.45. The van der Waals surface area contributed by atoms with Crippen molar-refractivity contribution in [2.45, 2.75) is 58.8 Å². The molecule has 0 aliphatic heterocycles. The summed E-state index contributed by atoms with van der Waals surface area (Å²) < 4.78 is 11.7. The lowest BCUT2D eigenvalue weighted by atomic mass is 9.89. The fourth-order valence-corrected chi connectivity index (χ4v) is 2.77. The van der Waals surface area contributed by atoms with Crippen LogP contribution in [0.15, 0.2) is 29.3 Å². The summed E-state index contributed by atoms with van der Waals surface area (Å²) in [4.78, 5) is 4.31. The quantitative estimate of drug-likeness (QED) is 0.587. The first-order chi connectivity index (χ1) is 11.9. The first-order valence-corrected chi connectivity index (χ1v) is 9.16. The third-order valence-electron chi connectivity index (χ3n) is 4.69. The molecule has 1 fully saturated rings. The van der Waals surface area contributed by atoms with Crippen molar-refractivity contribution in [3.63, 3.8) is 0 Å². The van der Waals surface area contributed by atoms with Crippen LogP contribution in [0.1, 0.15) is 45.6 Å². The van der Waals surface area contributed by atoms with E-state index in [0.717, 1.165) is 30.1 Å². The maximum absolute atomic E-state index is 6.09. The van der Waals surface area contributed by atoms with Crippen LogP contribution < -0.4 is 15.4 Å². The topological polar surface area (TPSA) is 54.9 Å². The maximum atomic E-state index is 6.09. The van der Waals surface area contributed by atoms with Crippen molar-refractivity contribution in [1.82, 2.24) is 10.6 Å². The Kier molecular flexibility index (Phi) is 7.12. The van der Waals surface area contributed by atoms with Gasteiger partial charge in [0, 0.05) is 32.8 Å². The number of guanidine groups is 1. The van der Waals surface area contributed by atoms with Gasteiger partial charge in [-0.3, -0.25) is 4.99 Å². The van der Waals surface area contributed by atoms with Crippen molar-refractivity contribution >= 4 is 5.96 Å². The molecule has 1 aliphatic carbocycles. The summed E-state index contributed by atoms with van der Waals surface area (Å²) in [6.45, 7) is 7.91. The Balaban J connectivity index is 1.88. The van der Waals surface area contributed by atoms with Crippen LogP contribution in [0.3, 0.4) is 0 Å². The van der Waals surface area contributed by atoms with E-state index in [1.807, 2.05) is 18.2 Å². The normalized spacial score (nSPS) is 16.9. The Bertz CT molecular complexity index is 562. The molecule has 5 heteroatoms. The van der Waals surface area contributed by atoms with Crippen molar-refractivity contribution < 1.29 is 9.47 Å². The molecule has 25 heavy (non-hydrogen) atoms. The van der Waals surface area contributed by atoms with E-state index in [9.17, 15) is 0 Å². The van der Waals surface area contributed by atoms with E-state index >= 15 is 0 Å². The summed E-state index contributed by atoms with van der Waals surface area (Å²) in [6.07, 6.45) is 4.09. The largest absolute Gasteiger partial charge is 0.490 e. The lowest BCUT2D eigenvalue weighted by molar-refractivity contribution is 0.0205. The third kappa shape index (κ3) is 5.92. The van der Waals surface area contributed by atoms with Crippen LogP contribution in [-0.4, -0.2) is 38.9 Å². The van der Waals surface area contributed by atoms with Gasteiger partial charge in [-0.25, -0.2) is 0 Å². The summed E-state index contributed by atoms with van der Waals surface area (Å²) >= 11 is 0. The summed E-state index contributed by atoms with van der Waals surface area (Å²) in [6, 6.07) is 8.21. The number of aliphatic imine (C=N–C) groups is 1. The van der Waals surface area contributed by atoms with Crippen LogP contribution in [0.25, 0.3) is 0 Å². The van der Waals surface area contributed by atoms with E-state index in [-0.39, 0.29) is 11.5 Å². The smallest absolute Gasteiger partial charge is 0.191 e. The highest BCUT2D eigenvalue weighted by atomic mass is 16.5. The van der Waals surface area contributed by atoms with E-state index < -0.39 is 0 Å². The Hall–Kier alpha value is -1.75. The molecule has 0 aromatic heterocycles. The molecule has 0 saturated heterocycles. The standard InChI is InChI=1S/C20H33N3O2/c1-20(2,3)18(24-5)14-23-19(21-4)22-13-15-9-6-7-12-17(15)25-16-10-8-11-16/h6-7,9,12,16,18H,8,10-11,13-14H2,1-5H3,(H2,21,22,23). The second kappa shape index (κ2) is 9.09. The zero-order valence-corrected chi connectivity index (χ0v) is 16.3. The number of benzene rings is 1. The van der Waals surface area contributed by atoms with E-state index in [1.165, 1.54) is 6.42 Å². The highest BCUT2D eigenvalue weighted by Crippen LogP contribution is 2.27. The Morgan fingerprint density at radius 3 is 2.52 bits per heavy atom. The number of ether oxygens (including phenoxy) is 2. The molecular formula is C20H33N3O2. The van der Waals surface area contributed by atoms with Gasteiger partial charge in [0.25, 0.3) is 0 Å². The van der Waals surface area contributed by atoms with E-state index in [2.05, 4.69) is 42.5 Å². The minimum Gasteiger partial charge on any atom is -0.490 e. The van der Waals surface area contributed by atoms with Gasteiger partial charge in [-0.2, -0.15) is 0 Å². The van der Waals surface area contributed by atoms with Gasteiger partial charge < -0.3 is 20.1 Å². The third-order valence-corrected chi connectivity index (χ3v) is 4.69. The van der Waals surface area contributed by atoms with Crippen LogP contribution in [0.4, 0.5) is 0 Å². The molecule has 1 aromatic rings. The van der Waals surface area contributed by atoms with Crippen LogP contribution in [-0.2, 0) is 11.3 Å². The minimum absolute atomic E-state index is 0.0732. The number of rotatable bonds is 7. The molecule has 1 aliphatic rings. The van der Waals surface area contributed by atoms with Crippen molar-refractivity contribution in [1.29, 1.82) is 0 Å². The fourth-order valence-electron chi connectivity index (χ4n) is 2.77. The zero-order chi connectivity index (χ0) is 18.3. The molecule has 0 amide bonds. The number of hydrogen-bond acceptors (Lipinski definition) is 3. The fraction of sp³-hybridized carbons (Fsp3) is 0.650. The first-order valence-electron chi connectivity index (χ1n) is 9.16. The van der Waals surface area contributed by atoms with E-state index in [1.54, 1.807) is 14.2 Å². The molecule has 0 radical (unpaired) electrons. The van der Waals surface area contributed by atoms with Crippen LogP contribution in [0.5, 0.6) is 5.75 Å². The number of para-hydroxylation sites is 1. The van der Waals surface area contributed by atoms with Gasteiger partial charge in [-0.15, -0.1) is 0 Å². The molecule has 1 unspecified atom stereocenters. The summed E-state index contributed by atoms with van der Waals surface area (Å²) in [5.74, 6) is 1.74. The molecule has 1 aromatic carbocycles. The van der Waals surface area contributed by atoms with Crippen molar-refractivity contribution in [2.24, 2.45) is 10.4 Å². The average molecular weight is 348 g/mol. The van der Waals surface area contributed by atoms with Crippen molar-refractivity contribution in [3.8, 4) is 5.75 Å². The van der Waals surface area contributed by atoms with Gasteiger partial charge in [0.05, 0.1) is 12.2 Å². The number of methoxy groups -OCH3 is 1. The SMILES string of the molecule is CN=C(NCc1ccccc1OC1CCC1)NCC(OC)C(C)(C)C. The lowest BCUT2D eigenvalue weighted by Gasteiger charge is -2.30. The monoisotopic (exact) mass is 347 g/mol. The summed E-state index contributed by atoms with van der Waals surface area (Å²) in [7, 11) is 3.53. The summed E-state index contributed by atoms with van der Waals surface area (Å²) in [5, 5.41) is 6.72. The molecule has 2 rings (SSSR count). The van der Waals surface area contributed by atoms with Crippen LogP contribution in [0.2, 0.25) is 0 Å². The van der Waals surface area contributed by atoms with Gasteiger partial charge in [0.2, 0.25) is 0 Å². The molecule has 140 valence electrons. The molecule has 1 atom stereocenters. The number of hydrogen-bond donors (Lipinski definition) is 2. The predicted molar refractivity (Wildman–Crippen MR) is 103 cm³/mol. The van der Waals surface area contributed by atoms with Crippen molar-refractivity contribution in [2.75, 3.05) is 20.7 Å². The van der Waals surface area contributed by atoms with Gasteiger partial charge in [-0.05, 0) is 30.7 Å². The molecule has 0 spiro atoms. The first kappa shape index (κ1) is 19.6. The number of nitrogens with zero attached hydrogens (tertiary/aromatic N) is 1. The highest BCUT2D eigenvalue weighted by molar-refractivity contribution is 5.79. The molecule has 1 saturated carbocycles. The second-order valence-corrected chi connectivity index (χ2v) is 7.68. The zero-order valence-electron chi connectivity index (χ0n) is 16.3. The van der Waals surface area contributed by atoms with Crippen LogP contribution in [0, 0.1) is 5.41 Å². The molecule has 5 nitrogen and oxygen atoms in total. The minimum atomic E-state index is 0.0732. The van der Waals surface area contributed by atoms with E-state index in [4.69, 9.17) is 9.47 Å². The van der Waals surface area contributed by atoms with Gasteiger partial charge >= 0.3 is 0 Å². The Morgan fingerprint density at radius 2 is 1.96 bits per heavy atom. The molecule has 2 N–H and O–H groups in total. The van der Waals surface area contributed by atoms with Gasteiger partial charge in [-0.1, -0.05) is 39.0 Å². The Morgan fingerprint density at radius 1 is 1.24 bits per heavy atom. The predicted octanol–water partition coefficient (Wildman–Crippen LogP) is 3.34. The molecule has 0 bridgehead atoms. The van der Waals surface area contributed by atoms with Gasteiger partial charge in [0.15, 0.2) is 5.96 Å². The number of nitrogens with one attached hydrogen (secondary N) is 2. The average Bonchev–Trinajstić information content (AvgIpc) is 2.54. The van der Waals surface area contributed by atoms with Crippen molar-refractivity contribution in [3.05, 3.63) is 29.8 Å². The molecule has 0 heterocycles. The Labute approximate surface area is 152 Å². The van der Waals surface area contributed by atoms with Gasteiger partial charge in [0.1, 0.15) is 5.75 Å². The second-order valence-electron chi connectivity index (χ2n) is 7.68. The van der Waals surface area contributed by atoms with E-state index in [0.29, 0.717) is 19.2 Å².